The van der Waals surface area contributed by atoms with Crippen molar-refractivity contribution in [3.63, 3.8) is 0 Å². The molecule has 2 rings (SSSR count). The van der Waals surface area contributed by atoms with Gasteiger partial charge in [-0.05, 0) is 12.8 Å². The Balaban J connectivity index is 2.27. The quantitative estimate of drug-likeness (QED) is 0.513. The van der Waals surface area contributed by atoms with Crippen LogP contribution in [0, 0.1) is 0 Å². The van der Waals surface area contributed by atoms with Crippen LogP contribution in [0.4, 0.5) is 0 Å². The summed E-state index contributed by atoms with van der Waals surface area (Å²) in [6, 6.07) is 0.104. The molecule has 2 aliphatic heterocycles. The molecule has 3 nitrogen and oxygen atoms in total. The Hall–Kier alpha value is -0.990. The van der Waals surface area contributed by atoms with Gasteiger partial charge in [-0.2, -0.15) is 0 Å². The predicted molar refractivity (Wildman–Crippen MR) is 37.0 cm³/mol. The average Bonchev–Trinajstić information content (AvgIpc) is 2.39. The molecule has 2 fully saturated rings. The van der Waals surface area contributed by atoms with Crippen LogP contribution < -0.4 is 5.32 Å². The van der Waals surface area contributed by atoms with E-state index in [-0.39, 0.29) is 11.9 Å². The number of hydrogen-bond donors (Lipinski definition) is 1. The van der Waals surface area contributed by atoms with Crippen molar-refractivity contribution in [3.05, 3.63) is 12.4 Å². The molecule has 0 spiro atoms. The van der Waals surface area contributed by atoms with Crippen LogP contribution in [0.15, 0.2) is 12.4 Å². The van der Waals surface area contributed by atoms with E-state index in [0.717, 1.165) is 25.2 Å². The van der Waals surface area contributed by atoms with Crippen molar-refractivity contribution in [2.75, 3.05) is 6.54 Å². The highest BCUT2D eigenvalue weighted by Gasteiger charge is 2.37. The third kappa shape index (κ3) is 0.574. The zero-order chi connectivity index (χ0) is 7.14. The molecule has 2 aliphatic rings. The first-order valence-corrected chi connectivity index (χ1v) is 3.55. The van der Waals surface area contributed by atoms with E-state index in [4.69, 9.17) is 0 Å². The molecule has 0 bridgehead atoms. The second kappa shape index (κ2) is 1.75. The summed E-state index contributed by atoms with van der Waals surface area (Å²) in [5.74, 6) is 0.912. The molecular formula is C7H10N2O. The van der Waals surface area contributed by atoms with Crippen molar-refractivity contribution < 1.29 is 4.79 Å². The Morgan fingerprint density at radius 1 is 1.70 bits per heavy atom. The normalized spacial score (nSPS) is 30.8. The number of carbonyl (C=O) groups is 1. The first-order valence-electron chi connectivity index (χ1n) is 3.55. The van der Waals surface area contributed by atoms with Crippen molar-refractivity contribution in [1.29, 1.82) is 0 Å². The molecule has 1 N–H and O–H groups in total. The minimum absolute atomic E-state index is 0.104. The second-order valence-electron chi connectivity index (χ2n) is 2.79. The van der Waals surface area contributed by atoms with Crippen LogP contribution in [0.25, 0.3) is 0 Å². The van der Waals surface area contributed by atoms with Crippen molar-refractivity contribution in [3.8, 4) is 0 Å². The standard InChI is InChI=1S/C7H10N2O/c1-5-8-7(10)6-3-2-4-9(5)6/h6H,1-4H2,(H,8,10). The monoisotopic (exact) mass is 138 g/mol. The van der Waals surface area contributed by atoms with Crippen molar-refractivity contribution in [2.45, 2.75) is 18.9 Å². The molecule has 0 saturated carbocycles. The SMILES string of the molecule is C=C1NC(=O)C2CCCN12. The van der Waals surface area contributed by atoms with Crippen LogP contribution in [-0.4, -0.2) is 23.4 Å². The van der Waals surface area contributed by atoms with Crippen LogP contribution in [0.1, 0.15) is 12.8 Å². The maximum absolute atomic E-state index is 11.1. The molecule has 10 heavy (non-hydrogen) atoms. The van der Waals surface area contributed by atoms with Crippen LogP contribution in [0.2, 0.25) is 0 Å². The largest absolute Gasteiger partial charge is 0.347 e. The summed E-state index contributed by atoms with van der Waals surface area (Å²) in [7, 11) is 0. The van der Waals surface area contributed by atoms with Gasteiger partial charge >= 0.3 is 0 Å². The van der Waals surface area contributed by atoms with Crippen LogP contribution in [0.5, 0.6) is 0 Å². The maximum Gasteiger partial charge on any atom is 0.248 e. The zero-order valence-corrected chi connectivity index (χ0v) is 5.76. The Labute approximate surface area is 59.7 Å². The lowest BCUT2D eigenvalue weighted by Crippen LogP contribution is -2.25. The van der Waals surface area contributed by atoms with E-state index >= 15 is 0 Å². The Bertz CT molecular complexity index is 180. The summed E-state index contributed by atoms with van der Waals surface area (Å²) in [6.45, 7) is 4.73. The molecule has 2 heterocycles. The van der Waals surface area contributed by atoms with E-state index in [9.17, 15) is 4.79 Å². The molecule has 0 aliphatic carbocycles. The summed E-state index contributed by atoms with van der Waals surface area (Å²) in [5.41, 5.74) is 0. The number of fused-ring (bicyclic) bond motifs is 1. The van der Waals surface area contributed by atoms with Gasteiger partial charge in [-0.3, -0.25) is 4.79 Å². The van der Waals surface area contributed by atoms with Crippen LogP contribution in [-0.2, 0) is 4.79 Å². The summed E-state index contributed by atoms with van der Waals surface area (Å²) >= 11 is 0. The van der Waals surface area contributed by atoms with Gasteiger partial charge in [0.05, 0.1) is 0 Å². The fourth-order valence-electron chi connectivity index (χ4n) is 1.66. The van der Waals surface area contributed by atoms with Gasteiger partial charge in [0, 0.05) is 6.54 Å². The average molecular weight is 138 g/mol. The van der Waals surface area contributed by atoms with Gasteiger partial charge in [-0.25, -0.2) is 0 Å². The number of rotatable bonds is 0. The maximum atomic E-state index is 11.1. The minimum atomic E-state index is 0.104. The molecule has 1 atom stereocenters. The topological polar surface area (TPSA) is 32.3 Å². The number of nitrogens with one attached hydrogen (secondary N) is 1. The van der Waals surface area contributed by atoms with Gasteiger partial charge in [0.25, 0.3) is 0 Å². The summed E-state index contributed by atoms with van der Waals surface area (Å²) in [6.07, 6.45) is 2.11. The van der Waals surface area contributed by atoms with Crippen molar-refractivity contribution in [1.82, 2.24) is 10.2 Å². The Morgan fingerprint density at radius 3 is 3.20 bits per heavy atom. The minimum Gasteiger partial charge on any atom is -0.347 e. The summed E-state index contributed by atoms with van der Waals surface area (Å²) < 4.78 is 0. The summed E-state index contributed by atoms with van der Waals surface area (Å²) in [5, 5.41) is 2.71. The van der Waals surface area contributed by atoms with Gasteiger partial charge < -0.3 is 10.2 Å². The molecule has 0 aromatic rings. The number of nitrogens with zero attached hydrogens (tertiary/aromatic N) is 1. The van der Waals surface area contributed by atoms with Crippen LogP contribution >= 0.6 is 0 Å². The Morgan fingerprint density at radius 2 is 2.50 bits per heavy atom. The van der Waals surface area contributed by atoms with Gasteiger partial charge in [0.2, 0.25) is 5.91 Å². The van der Waals surface area contributed by atoms with Gasteiger partial charge in [-0.1, -0.05) is 6.58 Å². The zero-order valence-electron chi connectivity index (χ0n) is 5.76. The number of carbonyl (C=O) groups excluding carboxylic acids is 1. The highest BCUT2D eigenvalue weighted by molar-refractivity contribution is 5.86. The lowest BCUT2D eigenvalue weighted by atomic mass is 10.2. The Kier molecular flexibility index (Phi) is 1.01. The molecule has 1 amide bonds. The third-order valence-electron chi connectivity index (χ3n) is 2.17. The lowest BCUT2D eigenvalue weighted by Gasteiger charge is -2.13. The fourth-order valence-corrected chi connectivity index (χ4v) is 1.66. The van der Waals surface area contributed by atoms with E-state index < -0.39 is 0 Å². The molecular weight excluding hydrogens is 128 g/mol. The van der Waals surface area contributed by atoms with E-state index in [1.165, 1.54) is 0 Å². The lowest BCUT2D eigenvalue weighted by molar-refractivity contribution is -0.121. The molecule has 3 heteroatoms. The van der Waals surface area contributed by atoms with Gasteiger partial charge in [-0.15, -0.1) is 0 Å². The van der Waals surface area contributed by atoms with E-state index in [1.807, 2.05) is 4.90 Å². The molecule has 2 saturated heterocycles. The second-order valence-corrected chi connectivity index (χ2v) is 2.79. The first kappa shape index (κ1) is 5.77. The first-order chi connectivity index (χ1) is 4.79. The van der Waals surface area contributed by atoms with Crippen molar-refractivity contribution in [2.24, 2.45) is 0 Å². The fraction of sp³-hybridized carbons (Fsp3) is 0.571. The predicted octanol–water partition coefficient (Wildman–Crippen LogP) is 0.0518. The third-order valence-corrected chi connectivity index (χ3v) is 2.17. The molecule has 0 aromatic heterocycles. The smallest absolute Gasteiger partial charge is 0.248 e. The molecule has 0 aromatic carbocycles. The van der Waals surface area contributed by atoms with E-state index in [1.54, 1.807) is 0 Å². The highest BCUT2D eigenvalue weighted by atomic mass is 16.2. The highest BCUT2D eigenvalue weighted by Crippen LogP contribution is 2.24. The van der Waals surface area contributed by atoms with Gasteiger partial charge in [0.15, 0.2) is 0 Å². The molecule has 1 unspecified atom stereocenters. The van der Waals surface area contributed by atoms with Crippen LogP contribution in [0.3, 0.4) is 0 Å². The molecule has 0 radical (unpaired) electrons. The van der Waals surface area contributed by atoms with Gasteiger partial charge in [0.1, 0.15) is 11.9 Å². The van der Waals surface area contributed by atoms with Crippen molar-refractivity contribution >= 4 is 5.91 Å². The van der Waals surface area contributed by atoms with E-state index in [2.05, 4.69) is 11.9 Å². The number of amides is 1. The summed E-state index contributed by atoms with van der Waals surface area (Å²) in [4.78, 5) is 13.1. The number of hydrogen-bond acceptors (Lipinski definition) is 2. The molecule has 54 valence electrons. The van der Waals surface area contributed by atoms with E-state index in [0.29, 0.717) is 0 Å².